The largest absolute Gasteiger partial charge is 0.393 e. The Morgan fingerprint density at radius 1 is 1.26 bits per heavy atom. The van der Waals surface area contributed by atoms with E-state index in [0.29, 0.717) is 24.5 Å². The lowest BCUT2D eigenvalue weighted by Crippen LogP contribution is -2.40. The van der Waals surface area contributed by atoms with E-state index in [-0.39, 0.29) is 23.8 Å². The molecule has 1 heterocycles. The Labute approximate surface area is 140 Å². The van der Waals surface area contributed by atoms with Crippen LogP contribution in [0.2, 0.25) is 5.02 Å². The maximum Gasteiger partial charge on any atom is 0.239 e. The van der Waals surface area contributed by atoms with Gasteiger partial charge in [0.2, 0.25) is 11.8 Å². The van der Waals surface area contributed by atoms with Gasteiger partial charge in [0.25, 0.3) is 0 Å². The highest BCUT2D eigenvalue weighted by Gasteiger charge is 2.38. The van der Waals surface area contributed by atoms with Gasteiger partial charge in [0.15, 0.2) is 0 Å². The summed E-state index contributed by atoms with van der Waals surface area (Å²) in [5, 5.41) is 13.3. The molecule has 6 heteroatoms. The molecule has 124 valence electrons. The van der Waals surface area contributed by atoms with Gasteiger partial charge in [0.1, 0.15) is 5.92 Å². The molecular formula is C17H21ClN2O3. The quantitative estimate of drug-likeness (QED) is 0.826. The summed E-state index contributed by atoms with van der Waals surface area (Å²) in [5.41, 5.74) is 0.765. The molecule has 2 amide bonds. The number of carbonyl (C=O) groups is 2. The van der Waals surface area contributed by atoms with E-state index in [0.717, 1.165) is 24.9 Å². The number of aliphatic hydroxyl groups is 1. The zero-order chi connectivity index (χ0) is 16.4. The number of carbonyl (C=O) groups excluding carboxylic acids is 2. The van der Waals surface area contributed by atoms with Gasteiger partial charge in [-0.25, -0.2) is 0 Å². The van der Waals surface area contributed by atoms with E-state index in [1.807, 2.05) is 0 Å². The number of rotatable bonds is 4. The van der Waals surface area contributed by atoms with Crippen LogP contribution in [0.5, 0.6) is 0 Å². The second kappa shape index (κ2) is 6.89. The van der Waals surface area contributed by atoms with Gasteiger partial charge in [-0.2, -0.15) is 0 Å². The van der Waals surface area contributed by atoms with Crippen molar-refractivity contribution >= 4 is 29.1 Å². The second-order valence-electron chi connectivity index (χ2n) is 6.31. The lowest BCUT2D eigenvalue weighted by atomic mass is 10.0. The number of hydrogen-bond acceptors (Lipinski definition) is 3. The minimum atomic E-state index is -0.635. The summed E-state index contributed by atoms with van der Waals surface area (Å²) in [6, 6.07) is 7.04. The van der Waals surface area contributed by atoms with E-state index >= 15 is 0 Å². The third-order valence-electron chi connectivity index (χ3n) is 4.82. The Balaban J connectivity index is 1.57. The van der Waals surface area contributed by atoms with Crippen molar-refractivity contribution in [3.8, 4) is 0 Å². The van der Waals surface area contributed by atoms with Crippen molar-refractivity contribution < 1.29 is 14.7 Å². The number of nitrogens with one attached hydrogen (secondary N) is 1. The van der Waals surface area contributed by atoms with Gasteiger partial charge >= 0.3 is 0 Å². The number of anilines is 1. The molecule has 2 aliphatic rings. The molecule has 0 aromatic heterocycles. The monoisotopic (exact) mass is 336 g/mol. The molecule has 1 aromatic carbocycles. The molecular weight excluding hydrogens is 316 g/mol. The Bertz CT molecular complexity index is 590. The molecule has 3 atom stereocenters. The molecule has 23 heavy (non-hydrogen) atoms. The van der Waals surface area contributed by atoms with Crippen molar-refractivity contribution in [3.63, 3.8) is 0 Å². The van der Waals surface area contributed by atoms with E-state index < -0.39 is 5.92 Å². The Kier molecular flexibility index (Phi) is 4.87. The fourth-order valence-electron chi connectivity index (χ4n) is 3.41. The number of amides is 2. The van der Waals surface area contributed by atoms with Crippen molar-refractivity contribution in [2.75, 3.05) is 18.0 Å². The highest BCUT2D eigenvalue weighted by Crippen LogP contribution is 2.27. The maximum atomic E-state index is 12.5. The first-order valence-electron chi connectivity index (χ1n) is 8.09. The first-order chi connectivity index (χ1) is 11.1. The van der Waals surface area contributed by atoms with E-state index in [4.69, 9.17) is 11.6 Å². The zero-order valence-electron chi connectivity index (χ0n) is 12.9. The van der Waals surface area contributed by atoms with Gasteiger partial charge in [-0.15, -0.1) is 0 Å². The Hall–Kier alpha value is -1.59. The van der Waals surface area contributed by atoms with Gasteiger partial charge in [-0.05, 0) is 43.5 Å². The number of hydrogen-bond donors (Lipinski definition) is 2. The summed E-state index contributed by atoms with van der Waals surface area (Å²) in [5.74, 6) is -0.922. The van der Waals surface area contributed by atoms with Gasteiger partial charge in [-0.1, -0.05) is 18.0 Å². The van der Waals surface area contributed by atoms with Crippen LogP contribution in [0.3, 0.4) is 0 Å². The van der Waals surface area contributed by atoms with Crippen LogP contribution < -0.4 is 10.2 Å². The average Bonchev–Trinajstić information content (AvgIpc) is 3.12. The number of benzene rings is 1. The molecule has 2 N–H and O–H groups in total. The third kappa shape index (κ3) is 3.51. The van der Waals surface area contributed by atoms with E-state index in [2.05, 4.69) is 5.32 Å². The summed E-state index contributed by atoms with van der Waals surface area (Å²) >= 11 is 5.86. The second-order valence-corrected chi connectivity index (χ2v) is 6.75. The highest BCUT2D eigenvalue weighted by molar-refractivity contribution is 6.30. The lowest BCUT2D eigenvalue weighted by molar-refractivity contribution is -0.132. The molecule has 1 aliphatic carbocycles. The number of nitrogens with zero attached hydrogens (tertiary/aromatic N) is 1. The SMILES string of the molecule is O=C(NCC1CCCC1O)C1CCN(c2ccc(Cl)cc2)C1=O. The fraction of sp³-hybridized carbons (Fsp3) is 0.529. The topological polar surface area (TPSA) is 69.6 Å². The predicted octanol–water partition coefficient (Wildman–Crippen LogP) is 1.97. The molecule has 1 saturated carbocycles. The third-order valence-corrected chi connectivity index (χ3v) is 5.07. The lowest BCUT2D eigenvalue weighted by Gasteiger charge is -2.18. The molecule has 3 rings (SSSR count). The van der Waals surface area contributed by atoms with Gasteiger partial charge in [0, 0.05) is 29.7 Å². The Morgan fingerprint density at radius 3 is 2.65 bits per heavy atom. The predicted molar refractivity (Wildman–Crippen MR) is 88.3 cm³/mol. The van der Waals surface area contributed by atoms with Gasteiger partial charge in [0.05, 0.1) is 6.10 Å². The first-order valence-corrected chi connectivity index (χ1v) is 8.47. The average molecular weight is 337 g/mol. The van der Waals surface area contributed by atoms with Crippen molar-refractivity contribution in [2.45, 2.75) is 31.8 Å². The smallest absolute Gasteiger partial charge is 0.239 e. The normalized spacial score (nSPS) is 27.5. The van der Waals surface area contributed by atoms with E-state index in [1.165, 1.54) is 0 Å². The molecule has 1 aliphatic heterocycles. The van der Waals surface area contributed by atoms with Crippen LogP contribution >= 0.6 is 11.6 Å². The standard InChI is InChI=1S/C17H21ClN2O3/c18-12-4-6-13(7-5-12)20-9-8-14(17(20)23)16(22)19-10-11-2-1-3-15(11)21/h4-7,11,14-15,21H,1-3,8-10H2,(H,19,22). The fourth-order valence-corrected chi connectivity index (χ4v) is 3.54. The van der Waals surface area contributed by atoms with E-state index in [1.54, 1.807) is 29.2 Å². The molecule has 5 nitrogen and oxygen atoms in total. The molecule has 1 aromatic rings. The van der Waals surface area contributed by atoms with Crippen LogP contribution in [0, 0.1) is 11.8 Å². The Morgan fingerprint density at radius 2 is 2.00 bits per heavy atom. The van der Waals surface area contributed by atoms with Crippen molar-refractivity contribution in [3.05, 3.63) is 29.3 Å². The molecule has 1 saturated heterocycles. The minimum Gasteiger partial charge on any atom is -0.393 e. The minimum absolute atomic E-state index is 0.114. The summed E-state index contributed by atoms with van der Waals surface area (Å²) in [4.78, 5) is 26.4. The molecule has 0 spiro atoms. The summed E-state index contributed by atoms with van der Waals surface area (Å²) in [6.45, 7) is 0.981. The highest BCUT2D eigenvalue weighted by atomic mass is 35.5. The zero-order valence-corrected chi connectivity index (χ0v) is 13.6. The van der Waals surface area contributed by atoms with E-state index in [9.17, 15) is 14.7 Å². The van der Waals surface area contributed by atoms with Crippen LogP contribution in [0.1, 0.15) is 25.7 Å². The van der Waals surface area contributed by atoms with Gasteiger partial charge in [-0.3, -0.25) is 9.59 Å². The van der Waals surface area contributed by atoms with Crippen molar-refractivity contribution in [1.82, 2.24) is 5.32 Å². The van der Waals surface area contributed by atoms with Crippen LogP contribution in [-0.4, -0.2) is 36.1 Å². The van der Waals surface area contributed by atoms with Crippen LogP contribution in [-0.2, 0) is 9.59 Å². The van der Waals surface area contributed by atoms with Crippen LogP contribution in [0.25, 0.3) is 0 Å². The molecule has 3 unspecified atom stereocenters. The number of halogens is 1. The van der Waals surface area contributed by atoms with Crippen molar-refractivity contribution in [1.29, 1.82) is 0 Å². The summed E-state index contributed by atoms with van der Waals surface area (Å²) in [7, 11) is 0. The van der Waals surface area contributed by atoms with Crippen LogP contribution in [0.15, 0.2) is 24.3 Å². The summed E-state index contributed by atoms with van der Waals surface area (Å²) in [6.07, 6.45) is 2.90. The molecule has 2 fully saturated rings. The van der Waals surface area contributed by atoms with Crippen molar-refractivity contribution in [2.24, 2.45) is 11.8 Å². The molecule has 0 bridgehead atoms. The molecule has 0 radical (unpaired) electrons. The van der Waals surface area contributed by atoms with Gasteiger partial charge < -0.3 is 15.3 Å². The number of aliphatic hydroxyl groups excluding tert-OH is 1. The summed E-state index contributed by atoms with van der Waals surface area (Å²) < 4.78 is 0. The first kappa shape index (κ1) is 16.3. The maximum absolute atomic E-state index is 12.5. The van der Waals surface area contributed by atoms with Crippen LogP contribution in [0.4, 0.5) is 5.69 Å².